The molecule has 0 N–H and O–H groups in total. The third-order valence-electron chi connectivity index (χ3n) is 0.915. The summed E-state index contributed by atoms with van der Waals surface area (Å²) >= 11 is 15.8. The molecule has 0 aromatic heterocycles. The number of rotatable bonds is 2. The molecule has 7 heteroatoms. The predicted molar refractivity (Wildman–Crippen MR) is 37.1 cm³/mol. The van der Waals surface area contributed by atoms with Gasteiger partial charge in [-0.05, 0) is 0 Å². The first-order chi connectivity index (χ1) is 5.04. The molecule has 1 fully saturated rings. The van der Waals surface area contributed by atoms with Gasteiger partial charge in [0.1, 0.15) is 5.88 Å². The minimum atomic E-state index is -2.50. The molecule has 0 amide bonds. The number of ether oxygens (including phenoxy) is 1. The zero-order valence-electron chi connectivity index (χ0n) is 5.15. The predicted octanol–water partition coefficient (Wildman–Crippen LogP) is 1.96. The van der Waals surface area contributed by atoms with Crippen LogP contribution in [0.3, 0.4) is 0 Å². The first kappa shape index (κ1) is 9.77. The van der Waals surface area contributed by atoms with Crippen LogP contribution in [-0.4, -0.2) is 23.0 Å². The molecule has 1 heterocycles. The van der Waals surface area contributed by atoms with Crippen molar-refractivity contribution in [3.05, 3.63) is 0 Å². The first-order valence-electron chi connectivity index (χ1n) is 2.60. The second kappa shape index (κ2) is 3.20. The molecule has 1 saturated heterocycles. The Kier molecular flexibility index (Phi) is 2.84. The van der Waals surface area contributed by atoms with Gasteiger partial charge in [-0.15, -0.1) is 23.2 Å². The molecular weight excluding hydrogens is 221 g/mol. The molecule has 11 heavy (non-hydrogen) atoms. The number of alkyl halides is 4. The second-order valence-electron chi connectivity index (χ2n) is 1.86. The van der Waals surface area contributed by atoms with E-state index in [4.69, 9.17) is 34.8 Å². The second-order valence-corrected chi connectivity index (χ2v) is 2.97. The highest BCUT2D eigenvalue weighted by atomic mass is 35.5. The Morgan fingerprint density at radius 1 is 1.18 bits per heavy atom. The molecule has 0 aliphatic carbocycles. The number of hydrogen-bond acceptors (Lipinski definition) is 3. The lowest BCUT2D eigenvalue weighted by Crippen LogP contribution is -2.31. The van der Waals surface area contributed by atoms with Crippen LogP contribution in [-0.2, 0) is 14.5 Å². The summed E-state index contributed by atoms with van der Waals surface area (Å²) in [5.41, 5.74) is 0. The van der Waals surface area contributed by atoms with Crippen LogP contribution in [0.1, 0.15) is 0 Å². The van der Waals surface area contributed by atoms with Gasteiger partial charge in [0.25, 0.3) is 5.25 Å². The fraction of sp³-hybridized carbons (Fsp3) is 1.00. The average Bonchev–Trinajstić information content (AvgIpc) is 2.30. The Morgan fingerprint density at radius 3 is 2.09 bits per heavy atom. The van der Waals surface area contributed by atoms with Crippen molar-refractivity contribution in [3.63, 3.8) is 0 Å². The topological polar surface area (TPSA) is 27.7 Å². The van der Waals surface area contributed by atoms with E-state index in [9.17, 15) is 4.39 Å². The summed E-state index contributed by atoms with van der Waals surface area (Å²) < 4.78 is 17.3. The Bertz CT molecular complexity index is 144. The third kappa shape index (κ3) is 2.08. The van der Waals surface area contributed by atoms with Crippen molar-refractivity contribution >= 4 is 34.8 Å². The van der Waals surface area contributed by atoms with Gasteiger partial charge in [-0.2, -0.15) is 14.2 Å². The van der Waals surface area contributed by atoms with E-state index in [2.05, 4.69) is 14.5 Å². The summed E-state index contributed by atoms with van der Waals surface area (Å²) in [6.07, 6.45) is 0. The molecule has 0 unspecified atom stereocenters. The van der Waals surface area contributed by atoms with E-state index in [1.54, 1.807) is 0 Å². The van der Waals surface area contributed by atoms with Crippen LogP contribution in [0, 0.1) is 0 Å². The molecule has 1 aliphatic rings. The monoisotopic (exact) mass is 224 g/mol. The molecule has 1 aliphatic heterocycles. The van der Waals surface area contributed by atoms with Gasteiger partial charge >= 0.3 is 6.04 Å². The molecule has 0 aromatic rings. The molecular formula is C4H4Cl3FO3. The zero-order chi connectivity index (χ0) is 8.54. The fourth-order valence-electron chi connectivity index (χ4n) is 0.485. The lowest BCUT2D eigenvalue weighted by Gasteiger charge is -2.14. The summed E-state index contributed by atoms with van der Waals surface area (Å²) in [6.45, 7) is 0. The molecule has 0 bridgehead atoms. The summed E-state index contributed by atoms with van der Waals surface area (Å²) in [5, 5.41) is -1.77. The molecule has 2 atom stereocenters. The van der Waals surface area contributed by atoms with Crippen molar-refractivity contribution in [2.45, 2.75) is 11.3 Å². The van der Waals surface area contributed by atoms with Crippen molar-refractivity contribution in [3.8, 4) is 0 Å². The van der Waals surface area contributed by atoms with Crippen LogP contribution in [0.5, 0.6) is 0 Å². The number of hydrogen-bond donors (Lipinski definition) is 0. The van der Waals surface area contributed by atoms with Gasteiger partial charge in [0.05, 0.1) is 5.88 Å². The average molecular weight is 225 g/mol. The van der Waals surface area contributed by atoms with E-state index in [1.165, 1.54) is 0 Å². The Morgan fingerprint density at radius 2 is 1.82 bits per heavy atom. The van der Waals surface area contributed by atoms with Gasteiger partial charge in [-0.3, -0.25) is 4.74 Å². The number of halogens is 4. The smallest absolute Gasteiger partial charge is 0.271 e. The van der Waals surface area contributed by atoms with Gasteiger partial charge in [0, 0.05) is 0 Å². The van der Waals surface area contributed by atoms with Crippen LogP contribution in [0.2, 0.25) is 0 Å². The van der Waals surface area contributed by atoms with E-state index >= 15 is 0 Å². The maximum absolute atomic E-state index is 12.9. The van der Waals surface area contributed by atoms with Crippen molar-refractivity contribution < 1.29 is 18.9 Å². The van der Waals surface area contributed by atoms with E-state index in [0.29, 0.717) is 0 Å². The normalized spacial score (nSPS) is 44.7. The molecule has 66 valence electrons. The highest BCUT2D eigenvalue weighted by Crippen LogP contribution is 2.38. The van der Waals surface area contributed by atoms with E-state index in [-0.39, 0.29) is 5.88 Å². The van der Waals surface area contributed by atoms with Crippen molar-refractivity contribution in [1.29, 1.82) is 0 Å². The Balaban J connectivity index is 2.58. The largest absolute Gasteiger partial charge is 0.364 e. The van der Waals surface area contributed by atoms with E-state index < -0.39 is 17.2 Å². The molecule has 0 radical (unpaired) electrons. The van der Waals surface area contributed by atoms with Crippen molar-refractivity contribution in [1.82, 2.24) is 0 Å². The van der Waals surface area contributed by atoms with Gasteiger partial charge < -0.3 is 0 Å². The summed E-state index contributed by atoms with van der Waals surface area (Å²) in [4.78, 5) is 8.31. The van der Waals surface area contributed by atoms with Crippen LogP contribution >= 0.6 is 34.8 Å². The molecule has 0 saturated carbocycles. The molecule has 0 aromatic carbocycles. The highest BCUT2D eigenvalue weighted by molar-refractivity contribution is 6.29. The fourth-order valence-corrected chi connectivity index (χ4v) is 0.830. The van der Waals surface area contributed by atoms with Crippen molar-refractivity contribution in [2.24, 2.45) is 0 Å². The minimum Gasteiger partial charge on any atom is -0.271 e. The van der Waals surface area contributed by atoms with Gasteiger partial charge in [-0.25, -0.2) is 0 Å². The molecule has 1 rings (SSSR count). The van der Waals surface area contributed by atoms with Crippen LogP contribution < -0.4 is 0 Å². The standard InChI is InChI=1S/C4H4Cl3FO3/c5-1-3(7)9-4(8,2-6)11-10-3/h1-2H2/t3-,4+/m1/s1. The van der Waals surface area contributed by atoms with Crippen molar-refractivity contribution in [2.75, 3.05) is 11.8 Å². The summed E-state index contributed by atoms with van der Waals surface area (Å²) in [7, 11) is 0. The minimum absolute atomic E-state index is 0.267. The molecule has 3 nitrogen and oxygen atoms in total. The maximum atomic E-state index is 12.9. The van der Waals surface area contributed by atoms with Crippen LogP contribution in [0.25, 0.3) is 0 Å². The quantitative estimate of drug-likeness (QED) is 0.531. The van der Waals surface area contributed by atoms with Gasteiger partial charge in [0.2, 0.25) is 0 Å². The third-order valence-corrected chi connectivity index (χ3v) is 2.00. The lowest BCUT2D eigenvalue weighted by atomic mass is 10.6. The van der Waals surface area contributed by atoms with Crippen LogP contribution in [0.4, 0.5) is 4.39 Å². The van der Waals surface area contributed by atoms with Crippen LogP contribution in [0.15, 0.2) is 0 Å². The Hall–Kier alpha value is 0.680. The van der Waals surface area contributed by atoms with Gasteiger partial charge in [0.15, 0.2) is 0 Å². The Labute approximate surface area is 77.2 Å². The van der Waals surface area contributed by atoms with E-state index in [1.807, 2.05) is 0 Å². The maximum Gasteiger partial charge on any atom is 0.364 e. The highest BCUT2D eigenvalue weighted by Gasteiger charge is 2.52. The van der Waals surface area contributed by atoms with E-state index in [0.717, 1.165) is 0 Å². The molecule has 0 spiro atoms. The SMILES string of the molecule is F[C@]1(CCl)OO[C@@](Cl)(CCl)O1. The van der Waals surface area contributed by atoms with Gasteiger partial charge in [-0.1, -0.05) is 11.6 Å². The summed E-state index contributed by atoms with van der Waals surface area (Å²) in [5.74, 6) is -0.810. The first-order valence-corrected chi connectivity index (χ1v) is 4.05. The zero-order valence-corrected chi connectivity index (χ0v) is 7.42. The lowest BCUT2D eigenvalue weighted by molar-refractivity contribution is -0.365. The summed E-state index contributed by atoms with van der Waals surface area (Å²) in [6, 6.07) is -2.50.